The Morgan fingerprint density at radius 1 is 1.22 bits per heavy atom. The number of fused-ring (bicyclic) bond motifs is 1. The number of H-pyrrole nitrogens is 1. The smallest absolute Gasteiger partial charge is 0.158 e. The third-order valence-corrected chi connectivity index (χ3v) is 3.85. The quantitative estimate of drug-likeness (QED) is 0.749. The number of benzene rings is 1. The van der Waals surface area contributed by atoms with Crippen molar-refractivity contribution in [1.29, 1.82) is 0 Å². The Balaban J connectivity index is 1.73. The molecule has 0 saturated heterocycles. The molecule has 3 aromatic rings. The average Bonchev–Trinajstić information content (AvgIpc) is 3.08. The number of rotatable bonds is 2. The van der Waals surface area contributed by atoms with Crippen molar-refractivity contribution in [3.63, 3.8) is 0 Å². The summed E-state index contributed by atoms with van der Waals surface area (Å²) >= 11 is 0. The van der Waals surface area contributed by atoms with Crippen LogP contribution >= 0.6 is 0 Å². The molecule has 114 valence electrons. The van der Waals surface area contributed by atoms with Crippen LogP contribution in [0.4, 0.5) is 5.82 Å². The highest BCUT2D eigenvalue weighted by molar-refractivity contribution is 5.88. The monoisotopic (exact) mass is 306 g/mol. The molecule has 0 spiro atoms. The molecule has 1 aliphatic rings. The molecule has 0 atom stereocenters. The van der Waals surface area contributed by atoms with Gasteiger partial charge in [0.2, 0.25) is 0 Å². The number of carbonyl (C=O) groups is 1. The van der Waals surface area contributed by atoms with E-state index >= 15 is 0 Å². The number of Topliss-reactive ketones (excluding diaryl/α,β-unsaturated/α-hetero) is 1. The number of nitrogens with zero attached hydrogens (tertiary/aromatic N) is 4. The van der Waals surface area contributed by atoms with Gasteiger partial charge in [-0.1, -0.05) is 12.1 Å². The molecule has 7 heteroatoms. The second kappa shape index (κ2) is 5.28. The molecule has 2 aromatic heterocycles. The Bertz CT molecular complexity index is 888. The predicted octanol–water partition coefficient (Wildman–Crippen LogP) is 1.77. The van der Waals surface area contributed by atoms with Gasteiger partial charge in [0, 0.05) is 11.1 Å². The zero-order chi connectivity index (χ0) is 15.8. The van der Waals surface area contributed by atoms with E-state index in [0.717, 1.165) is 28.2 Å². The van der Waals surface area contributed by atoms with Gasteiger partial charge in [-0.2, -0.15) is 5.10 Å². The minimum Gasteiger partial charge on any atom is -0.361 e. The summed E-state index contributed by atoms with van der Waals surface area (Å²) in [5, 5.41) is 9.71. The highest BCUT2D eigenvalue weighted by Crippen LogP contribution is 2.27. The molecule has 7 nitrogen and oxygen atoms in total. The Hall–Kier alpha value is -3.09. The second-order valence-corrected chi connectivity index (χ2v) is 5.48. The molecule has 0 aliphatic carbocycles. The molecule has 0 unspecified atom stereocenters. The van der Waals surface area contributed by atoms with Gasteiger partial charge in [0.15, 0.2) is 11.6 Å². The molecule has 3 heterocycles. The number of aryl methyl sites for hydroxylation is 1. The van der Waals surface area contributed by atoms with Gasteiger partial charge in [-0.15, -0.1) is 0 Å². The van der Waals surface area contributed by atoms with Crippen molar-refractivity contribution in [3.05, 3.63) is 42.0 Å². The average molecular weight is 306 g/mol. The van der Waals surface area contributed by atoms with Crippen molar-refractivity contribution in [2.75, 3.05) is 11.9 Å². The van der Waals surface area contributed by atoms with Crippen LogP contribution in [0.2, 0.25) is 0 Å². The second-order valence-electron chi connectivity index (χ2n) is 5.48. The van der Waals surface area contributed by atoms with E-state index in [1.807, 2.05) is 25.1 Å². The Kier molecular flexibility index (Phi) is 3.11. The van der Waals surface area contributed by atoms with Crippen LogP contribution in [0.1, 0.15) is 11.3 Å². The summed E-state index contributed by atoms with van der Waals surface area (Å²) in [6, 6.07) is 5.98. The first-order valence-corrected chi connectivity index (χ1v) is 7.29. The van der Waals surface area contributed by atoms with E-state index in [1.165, 1.54) is 6.33 Å². The van der Waals surface area contributed by atoms with Crippen LogP contribution in [0.15, 0.2) is 30.7 Å². The largest absolute Gasteiger partial charge is 0.361 e. The predicted molar refractivity (Wildman–Crippen MR) is 84.8 cm³/mol. The maximum absolute atomic E-state index is 11.6. The summed E-state index contributed by atoms with van der Waals surface area (Å²) in [4.78, 5) is 24.7. The van der Waals surface area contributed by atoms with E-state index in [-0.39, 0.29) is 5.78 Å². The molecule has 0 radical (unpaired) electrons. The highest BCUT2D eigenvalue weighted by Gasteiger charge is 2.18. The number of aromatic nitrogens is 5. The number of nitrogens with one attached hydrogen (secondary N) is 2. The van der Waals surface area contributed by atoms with Crippen LogP contribution in [0.3, 0.4) is 0 Å². The van der Waals surface area contributed by atoms with Crippen LogP contribution < -0.4 is 5.32 Å². The summed E-state index contributed by atoms with van der Waals surface area (Å²) in [6.45, 7) is 2.34. The van der Waals surface area contributed by atoms with Crippen molar-refractivity contribution in [3.8, 4) is 22.6 Å². The van der Waals surface area contributed by atoms with Gasteiger partial charge in [-0.25, -0.2) is 15.0 Å². The summed E-state index contributed by atoms with van der Waals surface area (Å²) in [6.07, 6.45) is 3.55. The van der Waals surface area contributed by atoms with E-state index in [1.54, 1.807) is 6.20 Å². The number of aromatic amines is 1. The number of ketones is 1. The highest BCUT2D eigenvalue weighted by atomic mass is 16.1. The molecule has 0 saturated carbocycles. The van der Waals surface area contributed by atoms with Crippen LogP contribution in [0, 0.1) is 6.92 Å². The van der Waals surface area contributed by atoms with Gasteiger partial charge < -0.3 is 5.32 Å². The fraction of sp³-hybridized carbons (Fsp3) is 0.188. The number of anilines is 1. The molecule has 0 fully saturated rings. The first-order valence-electron chi connectivity index (χ1n) is 7.29. The third-order valence-electron chi connectivity index (χ3n) is 3.85. The van der Waals surface area contributed by atoms with Gasteiger partial charge >= 0.3 is 0 Å². The molecular formula is C16H14N6O. The zero-order valence-electron chi connectivity index (χ0n) is 12.5. The van der Waals surface area contributed by atoms with Gasteiger partial charge in [0.25, 0.3) is 0 Å². The summed E-state index contributed by atoms with van der Waals surface area (Å²) < 4.78 is 0. The molecular weight excluding hydrogens is 292 g/mol. The van der Waals surface area contributed by atoms with Crippen molar-refractivity contribution in [2.24, 2.45) is 0 Å². The molecule has 1 aliphatic heterocycles. The van der Waals surface area contributed by atoms with Crippen LogP contribution in [0.5, 0.6) is 0 Å². The van der Waals surface area contributed by atoms with Crippen molar-refractivity contribution in [1.82, 2.24) is 25.1 Å². The Morgan fingerprint density at radius 3 is 2.91 bits per heavy atom. The standard InChI is InChI=1S/C16H14N6O/c1-9-4-10(15-19-8-20-22-15)2-3-12(9)14-7-18-16-13(21-14)5-11(23)6-17-16/h2-4,7-8H,5-6H2,1H3,(H,17,18)(H,19,20,22). The maximum Gasteiger partial charge on any atom is 0.158 e. The van der Waals surface area contributed by atoms with Crippen molar-refractivity contribution >= 4 is 11.6 Å². The van der Waals surface area contributed by atoms with Gasteiger partial charge in [0.05, 0.1) is 30.6 Å². The SMILES string of the molecule is Cc1cc(-c2ncn[nH]2)ccc1-c1cnc2c(n1)CC(=O)CN2. The van der Waals surface area contributed by atoms with E-state index in [0.29, 0.717) is 24.5 Å². The minimum atomic E-state index is 0.126. The number of carbonyl (C=O) groups excluding carboxylic acids is 1. The maximum atomic E-state index is 11.6. The number of hydrogen-bond donors (Lipinski definition) is 2. The molecule has 23 heavy (non-hydrogen) atoms. The molecule has 4 rings (SSSR count). The van der Waals surface area contributed by atoms with Crippen molar-refractivity contribution in [2.45, 2.75) is 13.3 Å². The van der Waals surface area contributed by atoms with E-state index in [9.17, 15) is 4.79 Å². The third kappa shape index (κ3) is 2.46. The lowest BCUT2D eigenvalue weighted by molar-refractivity contribution is -0.117. The zero-order valence-corrected chi connectivity index (χ0v) is 12.5. The van der Waals surface area contributed by atoms with Crippen LogP contribution in [-0.4, -0.2) is 37.5 Å². The van der Waals surface area contributed by atoms with E-state index in [2.05, 4.69) is 30.5 Å². The summed E-state index contributed by atoms with van der Waals surface area (Å²) in [7, 11) is 0. The normalized spacial score (nSPS) is 13.5. The summed E-state index contributed by atoms with van der Waals surface area (Å²) in [5.41, 5.74) is 4.48. The Morgan fingerprint density at radius 2 is 2.13 bits per heavy atom. The minimum absolute atomic E-state index is 0.126. The fourth-order valence-electron chi connectivity index (χ4n) is 2.70. The van der Waals surface area contributed by atoms with E-state index < -0.39 is 0 Å². The molecule has 1 aromatic carbocycles. The van der Waals surface area contributed by atoms with Crippen LogP contribution in [0.25, 0.3) is 22.6 Å². The van der Waals surface area contributed by atoms with Crippen LogP contribution in [-0.2, 0) is 11.2 Å². The summed E-state index contributed by atoms with van der Waals surface area (Å²) in [5.74, 6) is 1.55. The lowest BCUT2D eigenvalue weighted by Gasteiger charge is -2.16. The molecule has 2 N–H and O–H groups in total. The van der Waals surface area contributed by atoms with E-state index in [4.69, 9.17) is 0 Å². The van der Waals surface area contributed by atoms with Gasteiger partial charge in [-0.3, -0.25) is 9.89 Å². The van der Waals surface area contributed by atoms with Gasteiger partial charge in [0.1, 0.15) is 12.1 Å². The topological polar surface area (TPSA) is 96.4 Å². The van der Waals surface area contributed by atoms with Crippen molar-refractivity contribution < 1.29 is 4.79 Å². The lowest BCUT2D eigenvalue weighted by atomic mass is 10.0. The lowest BCUT2D eigenvalue weighted by Crippen LogP contribution is -2.24. The van der Waals surface area contributed by atoms with Gasteiger partial charge in [-0.05, 0) is 18.6 Å². The first kappa shape index (κ1) is 13.6. The first-order chi connectivity index (χ1) is 11.2. The number of hydrogen-bond acceptors (Lipinski definition) is 6. The Labute approximate surface area is 132 Å². The molecule has 0 amide bonds. The molecule has 0 bridgehead atoms. The fourth-order valence-corrected chi connectivity index (χ4v) is 2.70.